The van der Waals surface area contributed by atoms with Gasteiger partial charge in [0, 0.05) is 24.0 Å². The number of methoxy groups -OCH3 is 2. The summed E-state index contributed by atoms with van der Waals surface area (Å²) in [6.07, 6.45) is 2.51. The summed E-state index contributed by atoms with van der Waals surface area (Å²) < 4.78 is 24.1. The lowest BCUT2D eigenvalue weighted by Gasteiger charge is -2.48. The summed E-state index contributed by atoms with van der Waals surface area (Å²) in [4.78, 5) is 0. The van der Waals surface area contributed by atoms with E-state index in [0.29, 0.717) is 0 Å². The van der Waals surface area contributed by atoms with Crippen LogP contribution >= 0.6 is 0 Å². The van der Waals surface area contributed by atoms with Crippen molar-refractivity contribution in [3.63, 3.8) is 0 Å². The van der Waals surface area contributed by atoms with Crippen molar-refractivity contribution in [1.82, 2.24) is 0 Å². The minimum absolute atomic E-state index is 0.0623. The van der Waals surface area contributed by atoms with Gasteiger partial charge in [-0.25, -0.2) is 0 Å². The molecule has 0 N–H and O–H groups in total. The van der Waals surface area contributed by atoms with E-state index in [0.717, 1.165) is 47.4 Å². The molecule has 1 saturated heterocycles. The van der Waals surface area contributed by atoms with Crippen LogP contribution in [-0.2, 0) is 15.7 Å². The highest BCUT2D eigenvalue weighted by Gasteiger charge is 2.50. The molecule has 0 saturated carbocycles. The van der Waals surface area contributed by atoms with Gasteiger partial charge >= 0.3 is 7.12 Å². The Morgan fingerprint density at radius 2 is 1.80 bits per heavy atom. The average molecular weight is 338 g/mol. The van der Waals surface area contributed by atoms with Gasteiger partial charge in [0.05, 0.1) is 25.9 Å². The maximum absolute atomic E-state index is 6.49. The molecule has 2 aromatic rings. The number of fused-ring (bicyclic) bond motifs is 4. The van der Waals surface area contributed by atoms with Gasteiger partial charge < -0.3 is 18.8 Å². The molecular formula is C20H23BO4. The lowest BCUT2D eigenvalue weighted by molar-refractivity contribution is -0.0669. The third-order valence-corrected chi connectivity index (χ3v) is 5.45. The van der Waals surface area contributed by atoms with Crippen LogP contribution < -0.4 is 14.9 Å². The molecule has 4 rings (SSSR count). The largest absolute Gasteiger partial charge is 0.496 e. The van der Waals surface area contributed by atoms with Crippen molar-refractivity contribution in [2.24, 2.45) is 0 Å². The molecule has 1 heterocycles. The molecule has 0 amide bonds. The second-order valence-electron chi connectivity index (χ2n) is 6.76. The highest BCUT2D eigenvalue weighted by Crippen LogP contribution is 2.51. The number of benzene rings is 2. The Labute approximate surface area is 149 Å². The van der Waals surface area contributed by atoms with Gasteiger partial charge in [-0.15, -0.1) is 0 Å². The van der Waals surface area contributed by atoms with E-state index in [9.17, 15) is 0 Å². The fraction of sp³-hybridized carbons (Fsp3) is 0.400. The van der Waals surface area contributed by atoms with Gasteiger partial charge in [-0.1, -0.05) is 37.3 Å². The van der Waals surface area contributed by atoms with Gasteiger partial charge in [0.25, 0.3) is 0 Å². The zero-order chi connectivity index (χ0) is 17.4. The maximum Gasteiger partial charge on any atom is 0.494 e. The van der Waals surface area contributed by atoms with Gasteiger partial charge in [0.15, 0.2) is 0 Å². The molecule has 2 bridgehead atoms. The van der Waals surface area contributed by atoms with E-state index in [-0.39, 0.29) is 18.8 Å². The van der Waals surface area contributed by atoms with E-state index < -0.39 is 0 Å². The number of hydrogen-bond acceptors (Lipinski definition) is 4. The molecule has 1 fully saturated rings. The van der Waals surface area contributed by atoms with Crippen LogP contribution in [-0.4, -0.2) is 26.9 Å². The summed E-state index contributed by atoms with van der Waals surface area (Å²) in [5.74, 6) is 1.74. The van der Waals surface area contributed by atoms with Crippen LogP contribution in [0.5, 0.6) is 11.5 Å². The summed E-state index contributed by atoms with van der Waals surface area (Å²) in [5, 5.41) is 0. The van der Waals surface area contributed by atoms with Crippen molar-refractivity contribution in [3.05, 3.63) is 53.6 Å². The zero-order valence-corrected chi connectivity index (χ0v) is 15.0. The fourth-order valence-corrected chi connectivity index (χ4v) is 4.08. The molecular weight excluding hydrogens is 315 g/mol. The Morgan fingerprint density at radius 3 is 2.48 bits per heavy atom. The maximum atomic E-state index is 6.49. The minimum Gasteiger partial charge on any atom is -0.496 e. The van der Waals surface area contributed by atoms with Gasteiger partial charge in [-0.05, 0) is 24.0 Å². The van der Waals surface area contributed by atoms with Crippen LogP contribution in [0.1, 0.15) is 37.0 Å². The van der Waals surface area contributed by atoms with Gasteiger partial charge in [0.1, 0.15) is 11.5 Å². The van der Waals surface area contributed by atoms with E-state index in [1.54, 1.807) is 14.2 Å². The summed E-state index contributed by atoms with van der Waals surface area (Å²) in [6.45, 7) is 2.18. The number of hydrogen-bond donors (Lipinski definition) is 0. The average Bonchev–Trinajstić information content (AvgIpc) is 2.67. The molecule has 1 aliphatic carbocycles. The first-order valence-corrected chi connectivity index (χ1v) is 8.81. The predicted molar refractivity (Wildman–Crippen MR) is 97.6 cm³/mol. The van der Waals surface area contributed by atoms with Crippen molar-refractivity contribution >= 4 is 12.6 Å². The first-order valence-electron chi connectivity index (χ1n) is 8.81. The second kappa shape index (κ2) is 6.39. The molecule has 2 aromatic carbocycles. The Hall–Kier alpha value is -1.98. The van der Waals surface area contributed by atoms with E-state index in [1.165, 1.54) is 0 Å². The SMILES string of the molecule is CC[C@]12Cc3c(OC)ccc(OC)c3[C@H](C1)OB(c1ccccc1)O2. The van der Waals surface area contributed by atoms with Gasteiger partial charge in [-0.3, -0.25) is 0 Å². The lowest BCUT2D eigenvalue weighted by Crippen LogP contribution is -2.55. The minimum atomic E-state index is -0.357. The fourth-order valence-electron chi connectivity index (χ4n) is 4.08. The predicted octanol–water partition coefficient (Wildman–Crippen LogP) is 3.28. The Balaban J connectivity index is 1.81. The first-order chi connectivity index (χ1) is 12.2. The smallest absolute Gasteiger partial charge is 0.494 e. The molecule has 130 valence electrons. The van der Waals surface area contributed by atoms with Crippen LogP contribution in [0.25, 0.3) is 0 Å². The van der Waals surface area contributed by atoms with Gasteiger partial charge in [0.2, 0.25) is 0 Å². The van der Waals surface area contributed by atoms with Crippen molar-refractivity contribution in [2.75, 3.05) is 14.2 Å². The van der Waals surface area contributed by atoms with E-state index in [2.05, 4.69) is 19.1 Å². The van der Waals surface area contributed by atoms with Crippen LogP contribution in [0, 0.1) is 0 Å². The topological polar surface area (TPSA) is 36.9 Å². The number of ether oxygens (including phenoxy) is 2. The molecule has 0 aromatic heterocycles. The Morgan fingerprint density at radius 1 is 1.08 bits per heavy atom. The normalized spacial score (nSPS) is 24.6. The van der Waals surface area contributed by atoms with Crippen LogP contribution in [0.4, 0.5) is 0 Å². The highest BCUT2D eigenvalue weighted by molar-refractivity contribution is 6.61. The summed E-state index contributed by atoms with van der Waals surface area (Å²) in [5.41, 5.74) is 3.06. The van der Waals surface area contributed by atoms with Crippen LogP contribution in [0.3, 0.4) is 0 Å². The standard InChI is InChI=1S/C20H23BO4/c1-4-20-12-15-16(22-2)10-11-17(23-3)19(15)18(13-20)24-21(25-20)14-8-6-5-7-9-14/h5-11,18H,4,12-13H2,1-3H3/t18-,20-/m0/s1. The summed E-state index contributed by atoms with van der Waals surface area (Å²) in [6, 6.07) is 14.1. The Kier molecular flexibility index (Phi) is 4.22. The zero-order valence-electron chi connectivity index (χ0n) is 15.0. The highest BCUT2D eigenvalue weighted by atomic mass is 16.6. The van der Waals surface area contributed by atoms with E-state index >= 15 is 0 Å². The van der Waals surface area contributed by atoms with Gasteiger partial charge in [-0.2, -0.15) is 0 Å². The molecule has 25 heavy (non-hydrogen) atoms. The van der Waals surface area contributed by atoms with Crippen molar-refractivity contribution in [1.29, 1.82) is 0 Å². The summed E-state index contributed by atoms with van der Waals surface area (Å²) >= 11 is 0. The van der Waals surface area contributed by atoms with Crippen LogP contribution in [0.2, 0.25) is 0 Å². The Bertz CT molecular complexity index is 764. The molecule has 5 heteroatoms. The number of rotatable bonds is 4. The van der Waals surface area contributed by atoms with Crippen molar-refractivity contribution in [3.8, 4) is 11.5 Å². The lowest BCUT2D eigenvalue weighted by atomic mass is 9.68. The third-order valence-electron chi connectivity index (χ3n) is 5.45. The third kappa shape index (κ3) is 2.72. The van der Waals surface area contributed by atoms with Crippen LogP contribution in [0.15, 0.2) is 42.5 Å². The van der Waals surface area contributed by atoms with Crippen molar-refractivity contribution in [2.45, 2.75) is 37.9 Å². The molecule has 2 aliphatic rings. The monoisotopic (exact) mass is 338 g/mol. The van der Waals surface area contributed by atoms with Crippen molar-refractivity contribution < 1.29 is 18.8 Å². The molecule has 0 radical (unpaired) electrons. The summed E-state index contributed by atoms with van der Waals surface area (Å²) in [7, 11) is 3.06. The molecule has 1 aliphatic heterocycles. The van der Waals surface area contributed by atoms with E-state index in [1.807, 2.05) is 30.3 Å². The first kappa shape index (κ1) is 16.5. The quantitative estimate of drug-likeness (QED) is 0.802. The van der Waals surface area contributed by atoms with E-state index in [4.69, 9.17) is 18.8 Å². The molecule has 4 nitrogen and oxygen atoms in total. The molecule has 0 spiro atoms. The molecule has 0 unspecified atom stereocenters. The molecule has 2 atom stereocenters. The second-order valence-corrected chi connectivity index (χ2v) is 6.76.